The lowest BCUT2D eigenvalue weighted by atomic mass is 10.1. The number of ether oxygens (including phenoxy) is 2. The van der Waals surface area contributed by atoms with E-state index in [1.165, 1.54) is 24.3 Å². The van der Waals surface area contributed by atoms with Gasteiger partial charge >= 0.3 is 6.09 Å². The lowest BCUT2D eigenvalue weighted by molar-refractivity contribution is -0.384. The largest absolute Gasteiger partial charge is 0.497 e. The third-order valence-corrected chi connectivity index (χ3v) is 3.96. The monoisotopic (exact) mass is 383 g/mol. The number of aromatic nitrogens is 1. The normalized spacial score (nSPS) is 10.4. The molecule has 0 atom stereocenters. The highest BCUT2D eigenvalue weighted by atomic mass is 16.6. The van der Waals surface area contributed by atoms with Crippen molar-refractivity contribution in [2.45, 2.75) is 13.5 Å². The van der Waals surface area contributed by atoms with Crippen LogP contribution >= 0.6 is 0 Å². The van der Waals surface area contributed by atoms with E-state index < -0.39 is 11.0 Å². The predicted octanol–water partition coefficient (Wildman–Crippen LogP) is 4.32. The molecule has 1 heterocycles. The molecule has 0 aliphatic carbocycles. The lowest BCUT2D eigenvalue weighted by Crippen LogP contribution is -2.14. The molecule has 3 aromatic rings. The number of amides is 1. The fourth-order valence-corrected chi connectivity index (χ4v) is 2.46. The molecule has 9 heteroatoms. The summed E-state index contributed by atoms with van der Waals surface area (Å²) in [6.45, 7) is 1.74. The summed E-state index contributed by atoms with van der Waals surface area (Å²) in [5.74, 6) is 0.995. The SMILES string of the molecule is COc1ccc(COC(=O)Nc2c(C)noc2-c2ccc([N+](=O)[O-])cc2)cc1. The molecular weight excluding hydrogens is 366 g/mol. The highest BCUT2D eigenvalue weighted by molar-refractivity contribution is 5.90. The minimum Gasteiger partial charge on any atom is -0.497 e. The lowest BCUT2D eigenvalue weighted by Gasteiger charge is -2.08. The molecule has 0 bridgehead atoms. The molecule has 3 rings (SSSR count). The minimum absolute atomic E-state index is 0.0478. The van der Waals surface area contributed by atoms with E-state index in [1.54, 1.807) is 38.3 Å². The first-order chi connectivity index (χ1) is 13.5. The van der Waals surface area contributed by atoms with Gasteiger partial charge in [-0.3, -0.25) is 15.4 Å². The fourth-order valence-electron chi connectivity index (χ4n) is 2.46. The Labute approximate surface area is 160 Å². The summed E-state index contributed by atoms with van der Waals surface area (Å²) < 4.78 is 15.6. The number of non-ortho nitro benzene ring substituents is 1. The van der Waals surface area contributed by atoms with Crippen molar-refractivity contribution >= 4 is 17.5 Å². The number of nitro benzene ring substituents is 1. The van der Waals surface area contributed by atoms with E-state index in [0.29, 0.717) is 22.7 Å². The minimum atomic E-state index is -0.676. The van der Waals surface area contributed by atoms with Crippen molar-refractivity contribution in [2.24, 2.45) is 0 Å². The van der Waals surface area contributed by atoms with Gasteiger partial charge in [-0.2, -0.15) is 0 Å². The average Bonchev–Trinajstić information content (AvgIpc) is 3.07. The van der Waals surface area contributed by atoms with E-state index in [0.717, 1.165) is 5.56 Å². The molecule has 144 valence electrons. The summed E-state index contributed by atoms with van der Waals surface area (Å²) in [5.41, 5.74) is 2.09. The zero-order valence-electron chi connectivity index (χ0n) is 15.2. The van der Waals surface area contributed by atoms with Crippen molar-refractivity contribution in [3.05, 3.63) is 69.9 Å². The summed E-state index contributed by atoms with van der Waals surface area (Å²) in [5, 5.41) is 17.2. The second-order valence-corrected chi connectivity index (χ2v) is 5.83. The molecule has 2 aromatic carbocycles. The van der Waals surface area contributed by atoms with Crippen LogP contribution in [-0.2, 0) is 11.3 Å². The van der Waals surface area contributed by atoms with E-state index in [1.807, 2.05) is 0 Å². The molecule has 0 aliphatic rings. The van der Waals surface area contributed by atoms with Gasteiger partial charge in [-0.25, -0.2) is 4.79 Å². The molecule has 0 fully saturated rings. The number of nitrogens with one attached hydrogen (secondary N) is 1. The maximum atomic E-state index is 12.2. The Bertz CT molecular complexity index is 980. The van der Waals surface area contributed by atoms with Crippen LogP contribution in [0.5, 0.6) is 5.75 Å². The van der Waals surface area contributed by atoms with Crippen molar-refractivity contribution in [3.63, 3.8) is 0 Å². The molecular formula is C19H17N3O6. The van der Waals surface area contributed by atoms with Crippen molar-refractivity contribution in [3.8, 4) is 17.1 Å². The summed E-state index contributed by atoms with van der Waals surface area (Å²) in [6, 6.07) is 12.9. The Hall–Kier alpha value is -3.88. The van der Waals surface area contributed by atoms with Crippen LogP contribution in [0.15, 0.2) is 53.1 Å². The fraction of sp³-hybridized carbons (Fsp3) is 0.158. The van der Waals surface area contributed by atoms with E-state index >= 15 is 0 Å². The Balaban J connectivity index is 1.69. The number of aryl methyl sites for hydroxylation is 1. The number of carbonyl (C=O) groups is 1. The van der Waals surface area contributed by atoms with Gasteiger partial charge in [-0.1, -0.05) is 17.3 Å². The Morgan fingerprint density at radius 2 is 1.86 bits per heavy atom. The van der Waals surface area contributed by atoms with Crippen LogP contribution in [0.4, 0.5) is 16.2 Å². The molecule has 28 heavy (non-hydrogen) atoms. The standard InChI is InChI=1S/C19H17N3O6/c1-12-17(18(28-21-12)14-5-7-15(8-6-14)22(24)25)20-19(23)27-11-13-3-9-16(26-2)10-4-13/h3-10H,11H2,1-2H3,(H,20,23). The van der Waals surface area contributed by atoms with E-state index in [9.17, 15) is 14.9 Å². The van der Waals surface area contributed by atoms with Crippen molar-refractivity contribution in [1.29, 1.82) is 0 Å². The number of rotatable bonds is 6. The molecule has 1 N–H and O–H groups in total. The first-order valence-electron chi connectivity index (χ1n) is 8.25. The first kappa shape index (κ1) is 18.9. The number of hydrogen-bond acceptors (Lipinski definition) is 7. The number of anilines is 1. The molecule has 0 saturated heterocycles. The smallest absolute Gasteiger partial charge is 0.412 e. The van der Waals surface area contributed by atoms with Gasteiger partial charge in [0.2, 0.25) is 0 Å². The molecule has 0 spiro atoms. The van der Waals surface area contributed by atoms with Crippen molar-refractivity contribution in [1.82, 2.24) is 5.16 Å². The van der Waals surface area contributed by atoms with Gasteiger partial charge in [0.05, 0.1) is 12.0 Å². The molecule has 0 saturated carbocycles. The van der Waals surface area contributed by atoms with Crippen LogP contribution in [-0.4, -0.2) is 23.3 Å². The highest BCUT2D eigenvalue weighted by Crippen LogP contribution is 2.32. The highest BCUT2D eigenvalue weighted by Gasteiger charge is 2.19. The average molecular weight is 383 g/mol. The van der Waals surface area contributed by atoms with Crippen LogP contribution in [0.2, 0.25) is 0 Å². The zero-order chi connectivity index (χ0) is 20.1. The quantitative estimate of drug-likeness (QED) is 0.498. The van der Waals surface area contributed by atoms with Gasteiger partial charge in [0.25, 0.3) is 5.69 Å². The van der Waals surface area contributed by atoms with Crippen LogP contribution in [0.1, 0.15) is 11.3 Å². The van der Waals surface area contributed by atoms with Gasteiger partial charge in [0.15, 0.2) is 5.76 Å². The van der Waals surface area contributed by atoms with E-state index in [-0.39, 0.29) is 18.1 Å². The third-order valence-electron chi connectivity index (χ3n) is 3.96. The van der Waals surface area contributed by atoms with Crippen LogP contribution in [0, 0.1) is 17.0 Å². The molecule has 0 radical (unpaired) electrons. The molecule has 9 nitrogen and oxygen atoms in total. The number of hydrogen-bond donors (Lipinski definition) is 1. The molecule has 1 aromatic heterocycles. The van der Waals surface area contributed by atoms with Crippen LogP contribution < -0.4 is 10.1 Å². The van der Waals surface area contributed by atoms with Gasteiger partial charge in [0.1, 0.15) is 23.7 Å². The van der Waals surface area contributed by atoms with Gasteiger partial charge < -0.3 is 14.0 Å². The van der Waals surface area contributed by atoms with Crippen LogP contribution in [0.3, 0.4) is 0 Å². The summed E-state index contributed by atoms with van der Waals surface area (Å²) >= 11 is 0. The first-order valence-corrected chi connectivity index (χ1v) is 8.25. The topological polar surface area (TPSA) is 117 Å². The number of nitro groups is 1. The maximum absolute atomic E-state index is 12.2. The Morgan fingerprint density at radius 1 is 1.18 bits per heavy atom. The number of nitrogens with zero attached hydrogens (tertiary/aromatic N) is 2. The molecule has 0 unspecified atom stereocenters. The predicted molar refractivity (Wildman–Crippen MR) is 100 cm³/mol. The van der Waals surface area contributed by atoms with E-state index in [2.05, 4.69) is 10.5 Å². The second kappa shape index (κ2) is 8.21. The van der Waals surface area contributed by atoms with Gasteiger partial charge in [-0.15, -0.1) is 0 Å². The Morgan fingerprint density at radius 3 is 2.46 bits per heavy atom. The van der Waals surface area contributed by atoms with Gasteiger partial charge in [-0.05, 0) is 36.8 Å². The molecule has 1 amide bonds. The van der Waals surface area contributed by atoms with E-state index in [4.69, 9.17) is 14.0 Å². The number of carbonyl (C=O) groups excluding carboxylic acids is 1. The van der Waals surface area contributed by atoms with Crippen LogP contribution in [0.25, 0.3) is 11.3 Å². The van der Waals surface area contributed by atoms with Crippen molar-refractivity contribution < 1.29 is 23.7 Å². The second-order valence-electron chi connectivity index (χ2n) is 5.83. The summed E-state index contributed by atoms with van der Waals surface area (Å²) in [4.78, 5) is 22.5. The number of methoxy groups -OCH3 is 1. The summed E-state index contributed by atoms with van der Waals surface area (Å²) in [7, 11) is 1.57. The Kier molecular flexibility index (Phi) is 5.54. The zero-order valence-corrected chi connectivity index (χ0v) is 15.2. The van der Waals surface area contributed by atoms with Crippen molar-refractivity contribution in [2.75, 3.05) is 12.4 Å². The number of benzene rings is 2. The third kappa shape index (κ3) is 4.26. The maximum Gasteiger partial charge on any atom is 0.412 e. The summed E-state index contributed by atoms with van der Waals surface area (Å²) in [6.07, 6.45) is -0.676. The molecule has 0 aliphatic heterocycles. The van der Waals surface area contributed by atoms with Gasteiger partial charge in [0, 0.05) is 17.7 Å².